The third kappa shape index (κ3) is 2.91. The summed E-state index contributed by atoms with van der Waals surface area (Å²) in [6.45, 7) is 0.0187. The van der Waals surface area contributed by atoms with Crippen LogP contribution in [-0.4, -0.2) is 45.7 Å². The van der Waals surface area contributed by atoms with Gasteiger partial charge in [-0.15, -0.1) is 0 Å². The van der Waals surface area contributed by atoms with E-state index in [1.165, 1.54) is 11.8 Å². The molecule has 0 aromatic heterocycles. The summed E-state index contributed by atoms with van der Waals surface area (Å²) in [7, 11) is 0. The van der Waals surface area contributed by atoms with Gasteiger partial charge < -0.3 is 25.8 Å². The number of ether oxygens (including phenoxy) is 1. The number of hydrogen-bond acceptors (Lipinski definition) is 6. The summed E-state index contributed by atoms with van der Waals surface area (Å²) in [6.07, 6.45) is -3.32. The Morgan fingerprint density at radius 1 is 1.12 bits per heavy atom. The molecule has 1 unspecified atom stereocenters. The van der Waals surface area contributed by atoms with Gasteiger partial charge in [0.1, 0.15) is 23.7 Å². The van der Waals surface area contributed by atoms with E-state index in [9.17, 15) is 15.3 Å². The summed E-state index contributed by atoms with van der Waals surface area (Å²) < 4.78 is 5.28. The van der Waals surface area contributed by atoms with Crippen LogP contribution in [-0.2, 0) is 4.74 Å². The minimum atomic E-state index is -1.17. The molecule has 5 nitrogen and oxygen atoms in total. The average Bonchev–Trinajstić information content (AvgIpc) is 2.33. The number of hydrogen-bond donors (Lipinski definition) is 4. The molecule has 4 atom stereocenters. The van der Waals surface area contributed by atoms with Crippen LogP contribution in [0.1, 0.15) is 0 Å². The predicted molar refractivity (Wildman–Crippen MR) is 64.5 cm³/mol. The van der Waals surface area contributed by atoms with Crippen molar-refractivity contribution >= 4 is 17.4 Å². The summed E-state index contributed by atoms with van der Waals surface area (Å²) in [4.78, 5) is 0.881. The number of anilines is 1. The van der Waals surface area contributed by atoms with Gasteiger partial charge in [0.15, 0.2) is 0 Å². The molecule has 1 aliphatic heterocycles. The standard InChI is InChI=1S/C11H15NO4S/c12-6-1-3-7(4-2-6)17-11-10(15)9(14)8(13)5-16-11/h1-4,8-11,13-15H,5,12H2/t8-,9+,10-,11?/m1/s1. The first-order chi connectivity index (χ1) is 8.08. The van der Waals surface area contributed by atoms with Gasteiger partial charge in [0.25, 0.3) is 0 Å². The van der Waals surface area contributed by atoms with Gasteiger partial charge in [-0.3, -0.25) is 0 Å². The first-order valence-corrected chi connectivity index (χ1v) is 6.14. The largest absolute Gasteiger partial charge is 0.399 e. The van der Waals surface area contributed by atoms with E-state index in [2.05, 4.69) is 0 Å². The second kappa shape index (κ2) is 5.24. The van der Waals surface area contributed by atoms with Crippen LogP contribution in [0.5, 0.6) is 0 Å². The minimum absolute atomic E-state index is 0.0187. The molecule has 2 rings (SSSR count). The van der Waals surface area contributed by atoms with E-state index in [-0.39, 0.29) is 6.61 Å². The molecule has 0 amide bonds. The van der Waals surface area contributed by atoms with Crippen molar-refractivity contribution in [3.8, 4) is 0 Å². The van der Waals surface area contributed by atoms with E-state index in [1.807, 2.05) is 12.1 Å². The second-order valence-corrected chi connectivity index (χ2v) is 5.11. The Morgan fingerprint density at radius 3 is 2.41 bits per heavy atom. The maximum Gasteiger partial charge on any atom is 0.136 e. The van der Waals surface area contributed by atoms with E-state index < -0.39 is 23.7 Å². The quantitative estimate of drug-likeness (QED) is 0.548. The monoisotopic (exact) mass is 257 g/mol. The molecule has 1 aromatic carbocycles. The van der Waals surface area contributed by atoms with Gasteiger partial charge in [0.2, 0.25) is 0 Å². The van der Waals surface area contributed by atoms with Crippen LogP contribution in [0.2, 0.25) is 0 Å². The minimum Gasteiger partial charge on any atom is -0.399 e. The van der Waals surface area contributed by atoms with E-state index >= 15 is 0 Å². The number of rotatable bonds is 2. The molecule has 1 saturated heterocycles. The number of aliphatic hydroxyl groups is 3. The molecule has 17 heavy (non-hydrogen) atoms. The highest BCUT2D eigenvalue weighted by Crippen LogP contribution is 2.31. The fraction of sp³-hybridized carbons (Fsp3) is 0.455. The molecule has 1 heterocycles. The lowest BCUT2D eigenvalue weighted by atomic mass is 10.1. The van der Waals surface area contributed by atoms with Gasteiger partial charge in [-0.1, -0.05) is 11.8 Å². The van der Waals surface area contributed by atoms with E-state index in [4.69, 9.17) is 10.5 Å². The Hall–Kier alpha value is -0.790. The molecule has 0 saturated carbocycles. The molecular weight excluding hydrogens is 242 g/mol. The molecule has 5 N–H and O–H groups in total. The van der Waals surface area contributed by atoms with Crippen molar-refractivity contribution in [2.24, 2.45) is 0 Å². The number of nitrogens with two attached hydrogens (primary N) is 1. The van der Waals surface area contributed by atoms with E-state index in [1.54, 1.807) is 12.1 Å². The average molecular weight is 257 g/mol. The highest BCUT2D eigenvalue weighted by Gasteiger charge is 2.37. The molecule has 0 bridgehead atoms. The second-order valence-electron chi connectivity index (χ2n) is 3.94. The fourth-order valence-electron chi connectivity index (χ4n) is 1.56. The van der Waals surface area contributed by atoms with Crippen LogP contribution in [0.25, 0.3) is 0 Å². The van der Waals surface area contributed by atoms with Crippen molar-refractivity contribution in [2.45, 2.75) is 28.6 Å². The zero-order valence-corrected chi connectivity index (χ0v) is 9.88. The first-order valence-electron chi connectivity index (χ1n) is 5.26. The summed E-state index contributed by atoms with van der Waals surface area (Å²) in [6, 6.07) is 7.13. The lowest BCUT2D eigenvalue weighted by Crippen LogP contribution is -2.51. The Morgan fingerprint density at radius 2 is 1.76 bits per heavy atom. The fourth-order valence-corrected chi connectivity index (χ4v) is 2.57. The van der Waals surface area contributed by atoms with Crippen molar-refractivity contribution in [2.75, 3.05) is 12.3 Å². The maximum absolute atomic E-state index is 9.74. The van der Waals surface area contributed by atoms with Crippen molar-refractivity contribution in [1.82, 2.24) is 0 Å². The summed E-state index contributed by atoms with van der Waals surface area (Å²) in [5.74, 6) is 0. The highest BCUT2D eigenvalue weighted by atomic mass is 32.2. The molecule has 1 aromatic rings. The van der Waals surface area contributed by atoms with Crippen LogP contribution in [0.3, 0.4) is 0 Å². The zero-order chi connectivity index (χ0) is 12.4. The number of benzene rings is 1. The van der Waals surface area contributed by atoms with Crippen molar-refractivity contribution < 1.29 is 20.1 Å². The van der Waals surface area contributed by atoms with Gasteiger partial charge in [-0.2, -0.15) is 0 Å². The topological polar surface area (TPSA) is 95.9 Å². The van der Waals surface area contributed by atoms with Crippen LogP contribution >= 0.6 is 11.8 Å². The molecule has 0 aliphatic carbocycles. The SMILES string of the molecule is Nc1ccc(SC2OC[C@@H](O)[C@H](O)[C@H]2O)cc1. The Balaban J connectivity index is 2.01. The molecule has 0 spiro atoms. The van der Waals surface area contributed by atoms with Gasteiger partial charge >= 0.3 is 0 Å². The summed E-state index contributed by atoms with van der Waals surface area (Å²) in [5.41, 5.74) is 5.64. The molecule has 0 radical (unpaired) electrons. The van der Waals surface area contributed by atoms with Crippen molar-refractivity contribution in [3.63, 3.8) is 0 Å². The van der Waals surface area contributed by atoms with E-state index in [0.717, 1.165) is 4.90 Å². The highest BCUT2D eigenvalue weighted by molar-refractivity contribution is 7.99. The smallest absolute Gasteiger partial charge is 0.136 e. The van der Waals surface area contributed by atoms with Crippen LogP contribution in [0, 0.1) is 0 Å². The Kier molecular flexibility index (Phi) is 3.90. The molecule has 1 aliphatic rings. The van der Waals surface area contributed by atoms with Crippen molar-refractivity contribution in [1.29, 1.82) is 0 Å². The summed E-state index contributed by atoms with van der Waals surface area (Å²) in [5, 5.41) is 28.6. The van der Waals surface area contributed by atoms with Crippen molar-refractivity contribution in [3.05, 3.63) is 24.3 Å². The predicted octanol–water partition coefficient (Wildman–Crippen LogP) is -0.200. The molecule has 1 fully saturated rings. The van der Waals surface area contributed by atoms with Gasteiger partial charge in [0.05, 0.1) is 6.61 Å². The number of nitrogen functional groups attached to an aromatic ring is 1. The normalized spacial score (nSPS) is 33.6. The third-order valence-electron chi connectivity index (χ3n) is 2.59. The molecule has 6 heteroatoms. The van der Waals surface area contributed by atoms with Gasteiger partial charge in [0, 0.05) is 10.6 Å². The van der Waals surface area contributed by atoms with Gasteiger partial charge in [-0.25, -0.2) is 0 Å². The lowest BCUT2D eigenvalue weighted by molar-refractivity contribution is -0.161. The zero-order valence-electron chi connectivity index (χ0n) is 9.06. The van der Waals surface area contributed by atoms with Crippen LogP contribution in [0.4, 0.5) is 5.69 Å². The van der Waals surface area contributed by atoms with Gasteiger partial charge in [-0.05, 0) is 24.3 Å². The Labute approximate surface area is 103 Å². The van der Waals surface area contributed by atoms with Crippen LogP contribution < -0.4 is 5.73 Å². The van der Waals surface area contributed by atoms with Crippen LogP contribution in [0.15, 0.2) is 29.2 Å². The summed E-state index contributed by atoms with van der Waals surface area (Å²) >= 11 is 1.29. The number of thioether (sulfide) groups is 1. The first kappa shape index (κ1) is 12.7. The lowest BCUT2D eigenvalue weighted by Gasteiger charge is -2.34. The maximum atomic E-state index is 9.74. The molecule has 94 valence electrons. The Bertz CT molecular complexity index is 372. The molecular formula is C11H15NO4S. The van der Waals surface area contributed by atoms with E-state index in [0.29, 0.717) is 5.69 Å². The third-order valence-corrected chi connectivity index (χ3v) is 3.78. The number of aliphatic hydroxyl groups excluding tert-OH is 3.